The molecule has 0 saturated carbocycles. The van der Waals surface area contributed by atoms with Crippen molar-refractivity contribution in [2.24, 2.45) is 4.99 Å². The number of aliphatic imine (C=N–C) groups is 1. The number of likely N-dealkylation sites (tertiary alicyclic amines) is 1. The molecule has 2 atom stereocenters. The number of hydrogen-bond acceptors (Lipinski definition) is 3. The molecule has 0 aromatic carbocycles. The Morgan fingerprint density at radius 2 is 2.17 bits per heavy atom. The number of amides is 1. The van der Waals surface area contributed by atoms with Crippen molar-refractivity contribution < 1.29 is 9.53 Å². The van der Waals surface area contributed by atoms with Gasteiger partial charge in [0.15, 0.2) is 5.96 Å². The predicted molar refractivity (Wildman–Crippen MR) is 97.2 cm³/mol. The lowest BCUT2D eigenvalue weighted by atomic mass is 10.0. The first-order valence-corrected chi connectivity index (χ1v) is 9.50. The number of rotatable bonds is 6. The molecule has 2 rings (SSSR count). The second kappa shape index (κ2) is 9.25. The second-order valence-corrected chi connectivity index (χ2v) is 7.21. The molecule has 0 aliphatic carbocycles. The van der Waals surface area contributed by atoms with Crippen LogP contribution >= 0.6 is 0 Å². The lowest BCUT2D eigenvalue weighted by Gasteiger charge is -2.33. The first-order valence-electron chi connectivity index (χ1n) is 9.50. The first-order chi connectivity index (χ1) is 11.5. The molecule has 0 radical (unpaired) electrons. The van der Waals surface area contributed by atoms with Crippen molar-refractivity contribution in [1.29, 1.82) is 0 Å². The van der Waals surface area contributed by atoms with Gasteiger partial charge in [-0.25, -0.2) is 0 Å². The SMILES string of the molecule is CCNC(=NCC1(C)CCCO1)NCCC(=O)N1CCCCC1C. The van der Waals surface area contributed by atoms with Crippen LogP contribution in [0, 0.1) is 0 Å². The number of carbonyl (C=O) groups excluding carboxylic acids is 1. The number of carbonyl (C=O) groups is 1. The van der Waals surface area contributed by atoms with Crippen LogP contribution < -0.4 is 10.6 Å². The molecule has 0 aromatic rings. The quantitative estimate of drug-likeness (QED) is 0.573. The van der Waals surface area contributed by atoms with Crippen LogP contribution in [-0.4, -0.2) is 61.2 Å². The van der Waals surface area contributed by atoms with Gasteiger partial charge < -0.3 is 20.3 Å². The van der Waals surface area contributed by atoms with Crippen molar-refractivity contribution in [3.05, 3.63) is 0 Å². The fourth-order valence-electron chi connectivity index (χ4n) is 3.45. The van der Waals surface area contributed by atoms with E-state index in [9.17, 15) is 4.79 Å². The zero-order valence-corrected chi connectivity index (χ0v) is 15.6. The summed E-state index contributed by atoms with van der Waals surface area (Å²) in [5, 5.41) is 6.53. The van der Waals surface area contributed by atoms with Crippen LogP contribution in [0.1, 0.15) is 59.3 Å². The zero-order chi connectivity index (χ0) is 17.4. The lowest BCUT2D eigenvalue weighted by Crippen LogP contribution is -2.44. The van der Waals surface area contributed by atoms with E-state index in [4.69, 9.17) is 4.74 Å². The van der Waals surface area contributed by atoms with Crippen molar-refractivity contribution in [3.63, 3.8) is 0 Å². The van der Waals surface area contributed by atoms with Gasteiger partial charge in [-0.15, -0.1) is 0 Å². The molecule has 0 bridgehead atoms. The fourth-order valence-corrected chi connectivity index (χ4v) is 3.45. The van der Waals surface area contributed by atoms with Crippen molar-refractivity contribution in [2.75, 3.05) is 32.8 Å². The molecule has 1 amide bonds. The Labute approximate surface area is 146 Å². The number of hydrogen-bond donors (Lipinski definition) is 2. The topological polar surface area (TPSA) is 66.0 Å². The number of ether oxygens (including phenoxy) is 1. The minimum Gasteiger partial charge on any atom is -0.373 e. The highest BCUT2D eigenvalue weighted by Gasteiger charge is 2.29. The predicted octanol–water partition coefficient (Wildman–Crippen LogP) is 1.90. The van der Waals surface area contributed by atoms with E-state index >= 15 is 0 Å². The second-order valence-electron chi connectivity index (χ2n) is 7.21. The molecular formula is C18H34N4O2. The maximum Gasteiger partial charge on any atom is 0.224 e. The molecule has 2 aliphatic rings. The van der Waals surface area contributed by atoms with Gasteiger partial charge >= 0.3 is 0 Å². The smallest absolute Gasteiger partial charge is 0.224 e. The molecule has 2 N–H and O–H groups in total. The summed E-state index contributed by atoms with van der Waals surface area (Å²) in [5.74, 6) is 1.02. The molecule has 2 saturated heterocycles. The number of guanidine groups is 1. The van der Waals surface area contributed by atoms with Crippen LogP contribution in [0.5, 0.6) is 0 Å². The highest BCUT2D eigenvalue weighted by Crippen LogP contribution is 2.25. The maximum atomic E-state index is 12.4. The molecule has 138 valence electrons. The van der Waals surface area contributed by atoms with Gasteiger partial charge in [-0.1, -0.05) is 0 Å². The van der Waals surface area contributed by atoms with E-state index in [0.717, 1.165) is 51.3 Å². The Morgan fingerprint density at radius 1 is 1.33 bits per heavy atom. The van der Waals surface area contributed by atoms with Crippen molar-refractivity contribution in [3.8, 4) is 0 Å². The Bertz CT molecular complexity index is 433. The van der Waals surface area contributed by atoms with Gasteiger partial charge in [0.25, 0.3) is 0 Å². The summed E-state index contributed by atoms with van der Waals surface area (Å²) in [6, 6.07) is 0.382. The summed E-state index contributed by atoms with van der Waals surface area (Å²) < 4.78 is 5.78. The van der Waals surface area contributed by atoms with E-state index in [1.54, 1.807) is 0 Å². The highest BCUT2D eigenvalue weighted by atomic mass is 16.5. The monoisotopic (exact) mass is 338 g/mol. The van der Waals surface area contributed by atoms with Crippen LogP contribution in [0.15, 0.2) is 4.99 Å². The van der Waals surface area contributed by atoms with Crippen LogP contribution in [0.3, 0.4) is 0 Å². The van der Waals surface area contributed by atoms with E-state index in [0.29, 0.717) is 25.6 Å². The molecule has 24 heavy (non-hydrogen) atoms. The number of nitrogens with zero attached hydrogens (tertiary/aromatic N) is 2. The van der Waals surface area contributed by atoms with Crippen molar-refractivity contribution in [1.82, 2.24) is 15.5 Å². The Hall–Kier alpha value is -1.30. The minimum atomic E-state index is -0.137. The molecule has 2 unspecified atom stereocenters. The van der Waals surface area contributed by atoms with E-state index in [1.807, 2.05) is 11.8 Å². The molecule has 0 spiro atoms. The average molecular weight is 338 g/mol. The molecule has 6 heteroatoms. The first kappa shape index (κ1) is 19.0. The summed E-state index contributed by atoms with van der Waals surface area (Å²) in [5.41, 5.74) is -0.137. The maximum absolute atomic E-state index is 12.4. The molecule has 6 nitrogen and oxygen atoms in total. The Kier molecular flexibility index (Phi) is 7.34. The van der Waals surface area contributed by atoms with Crippen LogP contribution in [0.4, 0.5) is 0 Å². The molecule has 2 aliphatic heterocycles. The van der Waals surface area contributed by atoms with Crippen LogP contribution in [0.2, 0.25) is 0 Å². The van der Waals surface area contributed by atoms with Crippen molar-refractivity contribution in [2.45, 2.75) is 70.9 Å². The standard InChI is InChI=1S/C18H34N4O2/c1-4-19-17(21-14-18(3)10-7-13-24-18)20-11-9-16(23)22-12-6-5-8-15(22)2/h15H,4-14H2,1-3H3,(H2,19,20,21). The average Bonchev–Trinajstić information content (AvgIpc) is 3.00. The van der Waals surface area contributed by atoms with Gasteiger partial charge in [0.05, 0.1) is 12.1 Å². The van der Waals surface area contributed by atoms with Gasteiger partial charge in [0.2, 0.25) is 5.91 Å². The third-order valence-electron chi connectivity index (χ3n) is 4.97. The summed E-state index contributed by atoms with van der Waals surface area (Å²) in [6.45, 7) is 10.1. The van der Waals surface area contributed by atoms with Gasteiger partial charge in [0.1, 0.15) is 0 Å². The Morgan fingerprint density at radius 3 is 2.83 bits per heavy atom. The lowest BCUT2D eigenvalue weighted by molar-refractivity contribution is -0.134. The summed E-state index contributed by atoms with van der Waals surface area (Å²) in [6.07, 6.45) is 6.18. The van der Waals surface area contributed by atoms with Gasteiger partial charge in [-0.3, -0.25) is 9.79 Å². The molecule has 0 aromatic heterocycles. The normalized spacial score (nSPS) is 28.0. The van der Waals surface area contributed by atoms with Gasteiger partial charge in [-0.2, -0.15) is 0 Å². The summed E-state index contributed by atoms with van der Waals surface area (Å²) in [4.78, 5) is 19.0. The third kappa shape index (κ3) is 5.65. The van der Waals surface area contributed by atoms with Gasteiger partial charge in [0, 0.05) is 38.7 Å². The van der Waals surface area contributed by atoms with Crippen molar-refractivity contribution >= 4 is 11.9 Å². The zero-order valence-electron chi connectivity index (χ0n) is 15.6. The molecular weight excluding hydrogens is 304 g/mol. The van der Waals surface area contributed by atoms with Crippen LogP contribution in [-0.2, 0) is 9.53 Å². The summed E-state index contributed by atoms with van der Waals surface area (Å²) in [7, 11) is 0. The Balaban J connectivity index is 1.77. The highest BCUT2D eigenvalue weighted by molar-refractivity contribution is 5.81. The third-order valence-corrected chi connectivity index (χ3v) is 4.97. The van der Waals surface area contributed by atoms with E-state index in [-0.39, 0.29) is 11.5 Å². The van der Waals surface area contributed by atoms with E-state index < -0.39 is 0 Å². The van der Waals surface area contributed by atoms with Crippen LogP contribution in [0.25, 0.3) is 0 Å². The number of piperidine rings is 1. The fraction of sp³-hybridized carbons (Fsp3) is 0.889. The molecule has 2 heterocycles. The minimum absolute atomic E-state index is 0.137. The van der Waals surface area contributed by atoms with E-state index in [1.165, 1.54) is 6.42 Å². The van der Waals surface area contributed by atoms with E-state index in [2.05, 4.69) is 29.5 Å². The largest absolute Gasteiger partial charge is 0.373 e. The summed E-state index contributed by atoms with van der Waals surface area (Å²) >= 11 is 0. The molecule has 2 fully saturated rings. The van der Waals surface area contributed by atoms with Gasteiger partial charge in [-0.05, 0) is 52.9 Å². The number of nitrogens with one attached hydrogen (secondary N) is 2.